The third-order valence-corrected chi connectivity index (χ3v) is 10.2. The second-order valence-corrected chi connectivity index (χ2v) is 13.4. The van der Waals surface area contributed by atoms with Crippen LogP contribution in [0.25, 0.3) is 0 Å². The van der Waals surface area contributed by atoms with Gasteiger partial charge in [-0.25, -0.2) is 0 Å². The Morgan fingerprint density at radius 1 is 0.593 bits per heavy atom. The summed E-state index contributed by atoms with van der Waals surface area (Å²) < 4.78 is 30.0. The van der Waals surface area contributed by atoms with Gasteiger partial charge in [0.05, 0.1) is 76.9 Å². The number of amides is 1. The quantitative estimate of drug-likeness (QED) is 0.0746. The summed E-state index contributed by atoms with van der Waals surface area (Å²) >= 11 is 2.02. The smallest absolute Gasteiger partial charge is 0.310 e. The molecule has 294 valence electrons. The highest BCUT2D eigenvalue weighted by molar-refractivity contribution is 14.1. The number of rotatable bonds is 20. The van der Waals surface area contributed by atoms with E-state index in [1.165, 1.54) is 42.7 Å². The van der Waals surface area contributed by atoms with Gasteiger partial charge in [0.25, 0.3) is 0 Å². The highest BCUT2D eigenvalue weighted by Crippen LogP contribution is 2.40. The number of halogens is 1. The number of methoxy groups -OCH3 is 6. The third kappa shape index (κ3) is 10.6. The lowest BCUT2D eigenvalue weighted by molar-refractivity contribution is -0.141. The first-order valence-electron chi connectivity index (χ1n) is 16.7. The molecule has 0 aromatic carbocycles. The average molecular weight is 870 g/mol. The van der Waals surface area contributed by atoms with Crippen molar-refractivity contribution in [1.82, 2.24) is 15.3 Å². The number of aromatic nitrogens is 2. The summed E-state index contributed by atoms with van der Waals surface area (Å²) in [5.41, 5.74) is 1.56. The maximum atomic E-state index is 14.0. The van der Waals surface area contributed by atoms with Gasteiger partial charge in [0.2, 0.25) is 5.91 Å². The zero-order valence-corrected chi connectivity index (χ0v) is 33.1. The minimum atomic E-state index is -1.51. The van der Waals surface area contributed by atoms with Crippen molar-refractivity contribution in [3.63, 3.8) is 0 Å². The first-order valence-corrected chi connectivity index (χ1v) is 17.8. The summed E-state index contributed by atoms with van der Waals surface area (Å²) in [6.45, 7) is 0. The fourth-order valence-corrected chi connectivity index (χ4v) is 7.42. The Bertz CT molecular complexity index is 1820. The molecule has 0 bridgehead atoms. The fraction of sp³-hybridized carbons (Fsp3) is 0.500. The van der Waals surface area contributed by atoms with Crippen molar-refractivity contribution >= 4 is 70.6 Å². The van der Waals surface area contributed by atoms with Gasteiger partial charge in [0, 0.05) is 49.1 Å². The van der Waals surface area contributed by atoms with Gasteiger partial charge >= 0.3 is 35.8 Å². The summed E-state index contributed by atoms with van der Waals surface area (Å²) in [6, 6.07) is 0. The van der Waals surface area contributed by atoms with Crippen molar-refractivity contribution in [2.75, 3.05) is 42.7 Å². The van der Waals surface area contributed by atoms with Gasteiger partial charge in [-0.05, 0) is 69.7 Å². The van der Waals surface area contributed by atoms with E-state index in [1.54, 1.807) is 0 Å². The van der Waals surface area contributed by atoms with Crippen molar-refractivity contribution in [3.05, 3.63) is 54.2 Å². The van der Waals surface area contributed by atoms with Crippen molar-refractivity contribution in [1.29, 1.82) is 0 Å². The molecule has 3 rings (SSSR count). The molecule has 0 radical (unpaired) electrons. The van der Waals surface area contributed by atoms with Gasteiger partial charge in [0.15, 0.2) is 6.29 Å². The highest BCUT2D eigenvalue weighted by Gasteiger charge is 2.47. The molecule has 1 aliphatic rings. The molecular weight excluding hydrogens is 825 g/mol. The predicted molar refractivity (Wildman–Crippen MR) is 195 cm³/mol. The van der Waals surface area contributed by atoms with Gasteiger partial charge in [0.1, 0.15) is 0 Å². The maximum Gasteiger partial charge on any atom is 0.310 e. The van der Waals surface area contributed by atoms with E-state index in [-0.39, 0.29) is 81.0 Å². The summed E-state index contributed by atoms with van der Waals surface area (Å²) in [7, 11) is 7.30. The van der Waals surface area contributed by atoms with Crippen molar-refractivity contribution in [2.24, 2.45) is 0 Å². The van der Waals surface area contributed by atoms with Crippen LogP contribution in [0, 0.1) is 3.70 Å². The molecule has 2 aromatic heterocycles. The van der Waals surface area contributed by atoms with E-state index in [1.807, 2.05) is 22.6 Å². The van der Waals surface area contributed by atoms with E-state index in [0.29, 0.717) is 43.6 Å². The number of esters is 6. The normalized spacial score (nSPS) is 15.0. The Kier molecular flexibility index (Phi) is 16.0. The van der Waals surface area contributed by atoms with E-state index < -0.39 is 53.7 Å². The minimum Gasteiger partial charge on any atom is -0.469 e. The molecule has 1 aliphatic heterocycles. The lowest BCUT2D eigenvalue weighted by Gasteiger charge is -2.33. The van der Waals surface area contributed by atoms with E-state index in [9.17, 15) is 38.4 Å². The third-order valence-electron chi connectivity index (χ3n) is 9.30. The van der Waals surface area contributed by atoms with Crippen LogP contribution in [0.15, 0.2) is 11.1 Å². The number of carbonyl (C=O) groups excluding carboxylic acids is 8. The number of H-pyrrole nitrogens is 2. The Balaban J connectivity index is 2.39. The Labute approximate surface area is 324 Å². The molecule has 54 heavy (non-hydrogen) atoms. The summed E-state index contributed by atoms with van der Waals surface area (Å²) in [5.74, 6) is -4.16. The van der Waals surface area contributed by atoms with E-state index in [4.69, 9.17) is 28.4 Å². The lowest BCUT2D eigenvalue weighted by atomic mass is 9.77. The number of hydrogen-bond donors (Lipinski definition) is 3. The number of carbonyl (C=O) groups is 8. The number of aldehydes is 1. The molecule has 1 unspecified atom stereocenters. The summed E-state index contributed by atoms with van der Waals surface area (Å²) in [5, 5.41) is 3.04. The number of aromatic amines is 2. The van der Waals surface area contributed by atoms with Crippen LogP contribution in [0.5, 0.6) is 0 Å². The molecule has 1 amide bonds. The van der Waals surface area contributed by atoms with Crippen LogP contribution >= 0.6 is 22.6 Å². The summed E-state index contributed by atoms with van der Waals surface area (Å²) in [6.07, 6.45) is -0.929. The van der Waals surface area contributed by atoms with Gasteiger partial charge in [-0.2, -0.15) is 0 Å². The molecule has 3 heterocycles. The van der Waals surface area contributed by atoms with E-state index >= 15 is 0 Å². The topological polar surface area (TPSA) is 236 Å². The van der Waals surface area contributed by atoms with Crippen LogP contribution in [-0.4, -0.2) is 106 Å². The molecule has 17 nitrogen and oxygen atoms in total. The van der Waals surface area contributed by atoms with Gasteiger partial charge in [-0.15, -0.1) is 0 Å². The lowest BCUT2D eigenvalue weighted by Crippen LogP contribution is -2.49. The zero-order chi connectivity index (χ0) is 40.2. The van der Waals surface area contributed by atoms with Crippen LogP contribution in [0.4, 0.5) is 0 Å². The standard InChI is InChI=1S/C36H44IN3O14/c1-49-28(42)10-7-19-22(13-31(45)52-4)26(38-27(19)18-41)17-36(24(15-33(47)54-6)21(35(48)40-36)9-12-30(44)51-3)16-25-20(8-11-29(43)50-2)23(34(37)39-25)14-32(46)53-5/h18,38-39H,7-17H2,1-6H3,(H,40,48). The van der Waals surface area contributed by atoms with Crippen LogP contribution in [0.3, 0.4) is 0 Å². The van der Waals surface area contributed by atoms with E-state index in [2.05, 4.69) is 15.3 Å². The molecule has 0 saturated carbocycles. The van der Waals surface area contributed by atoms with Crippen molar-refractivity contribution < 1.29 is 66.8 Å². The van der Waals surface area contributed by atoms with Gasteiger partial charge in [-0.3, -0.25) is 38.4 Å². The molecular formula is C36H44IN3O14. The molecule has 1 atom stereocenters. The largest absolute Gasteiger partial charge is 0.469 e. The zero-order valence-electron chi connectivity index (χ0n) is 30.9. The predicted octanol–water partition coefficient (Wildman–Crippen LogP) is 1.87. The van der Waals surface area contributed by atoms with Crippen molar-refractivity contribution in [2.45, 2.75) is 76.2 Å². The highest BCUT2D eigenvalue weighted by atomic mass is 127. The molecule has 3 N–H and O–H groups in total. The molecule has 18 heteroatoms. The van der Waals surface area contributed by atoms with Crippen molar-refractivity contribution in [3.8, 4) is 0 Å². The first kappa shape index (κ1) is 43.4. The monoisotopic (exact) mass is 869 g/mol. The number of ether oxygens (including phenoxy) is 6. The Morgan fingerprint density at radius 2 is 1.04 bits per heavy atom. The van der Waals surface area contributed by atoms with Gasteiger partial charge in [-0.1, -0.05) is 0 Å². The molecule has 0 fully saturated rings. The Morgan fingerprint density at radius 3 is 1.54 bits per heavy atom. The molecule has 0 spiro atoms. The fourth-order valence-electron chi connectivity index (χ4n) is 6.58. The molecule has 0 saturated heterocycles. The average Bonchev–Trinajstić information content (AvgIpc) is 3.73. The minimum absolute atomic E-state index is 0.0154. The molecule has 2 aromatic rings. The maximum absolute atomic E-state index is 14.0. The number of hydrogen-bond acceptors (Lipinski definition) is 14. The SMILES string of the molecule is COC(=O)CCC1=C(CC(=O)OC)C(Cc2[nH]c(I)c(CC(=O)OC)c2CCC(=O)OC)(Cc2[nH]c(C=O)c(CCC(=O)OC)c2CC(=O)OC)NC1=O. The molecule has 0 aliphatic carbocycles. The first-order chi connectivity index (χ1) is 25.7. The number of nitrogens with one attached hydrogen (secondary N) is 3. The van der Waals surface area contributed by atoms with Gasteiger partial charge < -0.3 is 43.7 Å². The summed E-state index contributed by atoms with van der Waals surface area (Å²) in [4.78, 5) is 108. The van der Waals surface area contributed by atoms with Crippen LogP contribution in [-0.2, 0) is 101 Å². The Hall–Kier alpha value is -5.01. The van der Waals surface area contributed by atoms with E-state index in [0.717, 1.165) is 0 Å². The van der Waals surface area contributed by atoms with Crippen LogP contribution in [0.1, 0.15) is 76.2 Å². The van der Waals surface area contributed by atoms with Crippen LogP contribution in [0.2, 0.25) is 0 Å². The second-order valence-electron chi connectivity index (χ2n) is 12.3. The second kappa shape index (κ2) is 19.9. The van der Waals surface area contributed by atoms with Crippen LogP contribution < -0.4 is 5.32 Å².